The van der Waals surface area contributed by atoms with Crippen LogP contribution in [0, 0.1) is 0 Å². The Morgan fingerprint density at radius 3 is 2.67 bits per heavy atom. The summed E-state index contributed by atoms with van der Waals surface area (Å²) in [5, 5.41) is 2.80. The minimum absolute atomic E-state index is 0.00521. The molecule has 1 fully saturated rings. The van der Waals surface area contributed by atoms with Crippen molar-refractivity contribution in [1.29, 1.82) is 0 Å². The summed E-state index contributed by atoms with van der Waals surface area (Å²) in [4.78, 5) is 17.0. The van der Waals surface area contributed by atoms with E-state index in [0.29, 0.717) is 25.6 Å². The number of carbonyl (C=O) groups is 1. The molecule has 1 unspecified atom stereocenters. The molecule has 0 bridgehead atoms. The number of pyridine rings is 1. The summed E-state index contributed by atoms with van der Waals surface area (Å²) in [7, 11) is -0.781. The molecule has 1 atom stereocenters. The first-order valence-corrected chi connectivity index (χ1v) is 12.4. The summed E-state index contributed by atoms with van der Waals surface area (Å²) in [6, 6.07) is 7.88. The molecule has 1 saturated heterocycles. The van der Waals surface area contributed by atoms with E-state index >= 15 is 0 Å². The summed E-state index contributed by atoms with van der Waals surface area (Å²) < 4.78 is 43.8. The number of aromatic nitrogens is 1. The maximum atomic E-state index is 13.3. The zero-order chi connectivity index (χ0) is 23.8. The van der Waals surface area contributed by atoms with E-state index in [1.54, 1.807) is 31.5 Å². The van der Waals surface area contributed by atoms with Crippen LogP contribution >= 0.6 is 0 Å². The minimum atomic E-state index is -3.80. The molecule has 1 aromatic heterocycles. The Labute approximate surface area is 195 Å². The van der Waals surface area contributed by atoms with E-state index in [2.05, 4.69) is 10.3 Å². The standard InChI is InChI=1S/C23H31N3O6S/c1-17-6-4-5-11-26(17)33(28,29)21-14-19(8-9-20(21)31-3)23(27)25-16-18-7-10-22(24-15-18)32-13-12-30-2/h7-10,14-15,17H,4-6,11-13,16H2,1-3H3,(H,25,27). The number of methoxy groups -OCH3 is 2. The average Bonchev–Trinajstić information content (AvgIpc) is 2.83. The van der Waals surface area contributed by atoms with E-state index in [9.17, 15) is 13.2 Å². The predicted octanol–water partition coefficient (Wildman–Crippen LogP) is 2.61. The first-order valence-electron chi connectivity index (χ1n) is 10.9. The van der Waals surface area contributed by atoms with Crippen LogP contribution in [0.1, 0.15) is 42.1 Å². The minimum Gasteiger partial charge on any atom is -0.495 e. The van der Waals surface area contributed by atoms with Gasteiger partial charge in [0.2, 0.25) is 15.9 Å². The van der Waals surface area contributed by atoms with Gasteiger partial charge in [-0.2, -0.15) is 4.31 Å². The van der Waals surface area contributed by atoms with Crippen molar-refractivity contribution >= 4 is 15.9 Å². The lowest BCUT2D eigenvalue weighted by atomic mass is 10.1. The van der Waals surface area contributed by atoms with Crippen LogP contribution in [0.15, 0.2) is 41.4 Å². The number of piperidine rings is 1. The number of hydrogen-bond acceptors (Lipinski definition) is 7. The third-order valence-corrected chi connectivity index (χ3v) is 7.58. The molecule has 0 radical (unpaired) electrons. The summed E-state index contributed by atoms with van der Waals surface area (Å²) in [6.45, 7) is 3.47. The van der Waals surface area contributed by atoms with Gasteiger partial charge in [0.05, 0.1) is 13.7 Å². The smallest absolute Gasteiger partial charge is 0.251 e. The highest BCUT2D eigenvalue weighted by molar-refractivity contribution is 7.89. The number of ether oxygens (including phenoxy) is 3. The molecule has 2 aromatic rings. The molecule has 1 aliphatic rings. The molecule has 1 N–H and O–H groups in total. The first kappa shape index (κ1) is 24.9. The summed E-state index contributed by atoms with van der Waals surface area (Å²) >= 11 is 0. The summed E-state index contributed by atoms with van der Waals surface area (Å²) in [5.74, 6) is 0.304. The average molecular weight is 478 g/mol. The molecular formula is C23H31N3O6S. The Morgan fingerprint density at radius 1 is 1.18 bits per heavy atom. The van der Waals surface area contributed by atoms with Gasteiger partial charge >= 0.3 is 0 Å². The van der Waals surface area contributed by atoms with Gasteiger partial charge in [0, 0.05) is 44.1 Å². The van der Waals surface area contributed by atoms with Crippen LogP contribution in [0.3, 0.4) is 0 Å². The summed E-state index contributed by atoms with van der Waals surface area (Å²) in [6.07, 6.45) is 4.24. The molecule has 1 amide bonds. The second-order valence-electron chi connectivity index (χ2n) is 7.85. The molecule has 0 saturated carbocycles. The van der Waals surface area contributed by atoms with E-state index in [1.807, 2.05) is 6.92 Å². The van der Waals surface area contributed by atoms with Gasteiger partial charge in [-0.3, -0.25) is 4.79 Å². The van der Waals surface area contributed by atoms with Crippen molar-refractivity contribution in [2.45, 2.75) is 43.7 Å². The van der Waals surface area contributed by atoms with Crippen molar-refractivity contribution in [1.82, 2.24) is 14.6 Å². The molecule has 0 spiro atoms. The maximum absolute atomic E-state index is 13.3. The van der Waals surface area contributed by atoms with E-state index in [4.69, 9.17) is 14.2 Å². The van der Waals surface area contributed by atoms with Crippen molar-refractivity contribution < 1.29 is 27.4 Å². The third-order valence-electron chi connectivity index (χ3n) is 5.54. The molecule has 10 heteroatoms. The van der Waals surface area contributed by atoms with Gasteiger partial charge in [0.15, 0.2) is 0 Å². The molecular weight excluding hydrogens is 446 g/mol. The molecule has 9 nitrogen and oxygen atoms in total. The number of nitrogens with zero attached hydrogens (tertiary/aromatic N) is 2. The summed E-state index contributed by atoms with van der Waals surface area (Å²) in [5.41, 5.74) is 1.03. The highest BCUT2D eigenvalue weighted by Crippen LogP contribution is 2.31. The molecule has 0 aliphatic carbocycles. The number of nitrogens with one attached hydrogen (secondary N) is 1. The fourth-order valence-corrected chi connectivity index (χ4v) is 5.57. The van der Waals surface area contributed by atoms with E-state index < -0.39 is 10.0 Å². The van der Waals surface area contributed by atoms with E-state index in [0.717, 1.165) is 24.8 Å². The monoisotopic (exact) mass is 477 g/mol. The molecule has 2 heterocycles. The number of sulfonamides is 1. The molecule has 3 rings (SSSR count). The SMILES string of the molecule is COCCOc1ccc(CNC(=O)c2ccc(OC)c(S(=O)(=O)N3CCCCC3C)c2)cn1. The predicted molar refractivity (Wildman–Crippen MR) is 123 cm³/mol. The Balaban J connectivity index is 1.71. The Morgan fingerprint density at radius 2 is 2.00 bits per heavy atom. The van der Waals surface area contributed by atoms with Crippen molar-refractivity contribution in [2.24, 2.45) is 0 Å². The second-order valence-corrected chi connectivity index (χ2v) is 9.71. The van der Waals surface area contributed by atoms with Gasteiger partial charge in [-0.1, -0.05) is 12.5 Å². The normalized spacial score (nSPS) is 16.9. The van der Waals surface area contributed by atoms with Crippen LogP contribution in [0.25, 0.3) is 0 Å². The first-order chi connectivity index (χ1) is 15.9. The third kappa shape index (κ3) is 6.21. The van der Waals surface area contributed by atoms with Crippen LogP contribution in [0.5, 0.6) is 11.6 Å². The Kier molecular flexibility index (Phi) is 8.65. The lowest BCUT2D eigenvalue weighted by molar-refractivity contribution is 0.0950. The number of hydrogen-bond donors (Lipinski definition) is 1. The maximum Gasteiger partial charge on any atom is 0.251 e. The van der Waals surface area contributed by atoms with Crippen LogP contribution in [0.4, 0.5) is 0 Å². The zero-order valence-electron chi connectivity index (χ0n) is 19.2. The van der Waals surface area contributed by atoms with Crippen LogP contribution in [-0.4, -0.2) is 63.6 Å². The topological polar surface area (TPSA) is 107 Å². The second kappa shape index (κ2) is 11.4. The fraction of sp³-hybridized carbons (Fsp3) is 0.478. The highest BCUT2D eigenvalue weighted by Gasteiger charge is 2.33. The number of benzene rings is 1. The Hall–Kier alpha value is -2.69. The van der Waals surface area contributed by atoms with Gasteiger partial charge in [0.1, 0.15) is 17.3 Å². The zero-order valence-corrected chi connectivity index (χ0v) is 20.1. The van der Waals surface area contributed by atoms with Gasteiger partial charge in [-0.05, 0) is 43.5 Å². The van der Waals surface area contributed by atoms with E-state index in [1.165, 1.54) is 23.5 Å². The number of carbonyl (C=O) groups excluding carboxylic acids is 1. The van der Waals surface area contributed by atoms with Crippen LogP contribution in [-0.2, 0) is 21.3 Å². The highest BCUT2D eigenvalue weighted by atomic mass is 32.2. The lowest BCUT2D eigenvalue weighted by Gasteiger charge is -2.32. The Bertz CT molecular complexity index is 1040. The number of rotatable bonds is 10. The van der Waals surface area contributed by atoms with Gasteiger partial charge in [0.25, 0.3) is 5.91 Å². The van der Waals surface area contributed by atoms with Crippen molar-refractivity contribution in [3.8, 4) is 11.6 Å². The van der Waals surface area contributed by atoms with Crippen LogP contribution in [0.2, 0.25) is 0 Å². The molecule has 33 heavy (non-hydrogen) atoms. The molecule has 1 aromatic carbocycles. The largest absolute Gasteiger partial charge is 0.495 e. The quantitative estimate of drug-likeness (QED) is 0.524. The van der Waals surface area contributed by atoms with Gasteiger partial charge in [-0.15, -0.1) is 0 Å². The van der Waals surface area contributed by atoms with Gasteiger partial charge < -0.3 is 19.5 Å². The lowest BCUT2D eigenvalue weighted by Crippen LogP contribution is -2.42. The number of amides is 1. The van der Waals surface area contributed by atoms with Crippen LogP contribution < -0.4 is 14.8 Å². The fourth-order valence-electron chi connectivity index (χ4n) is 3.69. The molecule has 180 valence electrons. The molecule has 1 aliphatic heterocycles. The van der Waals surface area contributed by atoms with Crippen molar-refractivity contribution in [3.63, 3.8) is 0 Å². The van der Waals surface area contributed by atoms with Crippen molar-refractivity contribution in [2.75, 3.05) is 34.0 Å². The van der Waals surface area contributed by atoms with E-state index in [-0.39, 0.29) is 34.7 Å². The van der Waals surface area contributed by atoms with Gasteiger partial charge in [-0.25, -0.2) is 13.4 Å². The van der Waals surface area contributed by atoms with Crippen molar-refractivity contribution in [3.05, 3.63) is 47.7 Å².